The fraction of sp³-hybridized carbons (Fsp3) is 0.541. The van der Waals surface area contributed by atoms with Crippen LogP contribution in [0.25, 0.3) is 0 Å². The van der Waals surface area contributed by atoms with Gasteiger partial charge in [0, 0.05) is 110 Å². The van der Waals surface area contributed by atoms with Crippen molar-refractivity contribution in [2.24, 2.45) is 0 Å². The quantitative estimate of drug-likeness (QED) is 0.0982. The monoisotopic (exact) mass is 1150 g/mol. The fourth-order valence-corrected chi connectivity index (χ4v) is 14.6. The number of aliphatic hydroxyl groups is 1. The third-order valence-corrected chi connectivity index (χ3v) is 17.9. The maximum absolute atomic E-state index is 13.4. The first kappa shape index (κ1) is 61.6. The standard InChI is InChI=1S/C30H36N4O7.C29H34N4O7.2CH4/c1-14-7-17-8-19-21(10-31)34-20(25(33(19)4)23(17)29(27(14)38-6)39-12-37-5)9-18-24(22(34)11-32-16(3)35)30-28(40-13-41-30)15(2)26(18)36;1-13-7-16-8-18-20(10-30)33-19(24(32(18)4)22(16)29(28(13)39-6)40-12-38-5)9-17-23(21(33)11-31-15(3)34)27(37)26(36)14(2)25(17)35;;/h7,19-22,25,36H,8-9,11-13H2,1-6H3,(H,32,35);7,18-21,24,35H,8-9,11-12H2,1-6H3,(H,31,34);2*1H4/t19-,20?,21-,22-,25-;18-,19?,20-,21-,24-;;/m00../s1. The molecule has 2 fully saturated rings. The minimum absolute atomic E-state index is 0. The van der Waals surface area contributed by atoms with E-state index in [4.69, 9.17) is 37.9 Å². The van der Waals surface area contributed by atoms with Crippen LogP contribution in [-0.4, -0.2) is 171 Å². The lowest BCUT2D eigenvalue weighted by Gasteiger charge is -2.60. The number of allylic oxidation sites excluding steroid dienone is 2. The Hall–Kier alpha value is -7.44. The number of hydrogen-bond acceptors (Lipinski definition) is 20. The van der Waals surface area contributed by atoms with Crippen molar-refractivity contribution in [3.8, 4) is 52.4 Å². The van der Waals surface area contributed by atoms with Gasteiger partial charge >= 0.3 is 0 Å². The van der Waals surface area contributed by atoms with E-state index in [0.717, 1.165) is 44.5 Å². The number of carbonyl (C=O) groups excluding carboxylic acids is 4. The van der Waals surface area contributed by atoms with Crippen LogP contribution in [0.3, 0.4) is 0 Å². The molecule has 22 nitrogen and oxygen atoms in total. The molecular weight excluding hydrogens is 1070 g/mol. The first-order valence-electron chi connectivity index (χ1n) is 27.1. The highest BCUT2D eigenvalue weighted by Gasteiger charge is 2.59. The number of rotatable bonds is 12. The zero-order valence-electron chi connectivity index (χ0n) is 47.8. The molecule has 7 heterocycles. The Balaban J connectivity index is 0.000000212. The Morgan fingerprint density at radius 3 is 1.60 bits per heavy atom. The largest absolute Gasteiger partial charge is 0.507 e. The normalized spacial score (nSPS) is 26.3. The molecule has 22 heteroatoms. The van der Waals surface area contributed by atoms with Gasteiger partial charge < -0.3 is 58.7 Å². The summed E-state index contributed by atoms with van der Waals surface area (Å²) in [6.07, 6.45) is 1.84. The molecule has 4 N–H and O–H groups in total. The predicted octanol–water partition coefficient (Wildman–Crippen LogP) is 5.56. The van der Waals surface area contributed by atoms with E-state index in [9.17, 15) is 39.9 Å². The number of nitrogens with zero attached hydrogens (tertiary/aromatic N) is 6. The highest BCUT2D eigenvalue weighted by atomic mass is 16.7. The van der Waals surface area contributed by atoms with Crippen LogP contribution < -0.4 is 39.1 Å². The van der Waals surface area contributed by atoms with Crippen LogP contribution >= 0.6 is 0 Å². The molecule has 0 radical (unpaired) electrons. The van der Waals surface area contributed by atoms with E-state index < -0.39 is 41.8 Å². The van der Waals surface area contributed by atoms with E-state index in [2.05, 4.69) is 56.7 Å². The lowest BCUT2D eigenvalue weighted by molar-refractivity contribution is -0.134. The topological polar surface area (TPSA) is 267 Å². The highest BCUT2D eigenvalue weighted by Crippen LogP contribution is 2.59. The molecule has 2 unspecified atom stereocenters. The van der Waals surface area contributed by atoms with Crippen molar-refractivity contribution in [2.45, 2.75) is 142 Å². The minimum atomic E-state index is -0.787. The van der Waals surface area contributed by atoms with E-state index in [-0.39, 0.29) is 119 Å². The summed E-state index contributed by atoms with van der Waals surface area (Å²) >= 11 is 0. The molecular formula is C61H78N8O14. The molecule has 1 aliphatic carbocycles. The summed E-state index contributed by atoms with van der Waals surface area (Å²) in [7, 11) is 10.4. The molecule has 2 saturated heterocycles. The number of Topliss-reactive ketones (excluding diaryl/α,β-unsaturated/α-hetero) is 2. The van der Waals surface area contributed by atoms with Gasteiger partial charge in [-0.2, -0.15) is 10.5 Å². The van der Waals surface area contributed by atoms with Crippen molar-refractivity contribution in [1.82, 2.24) is 30.2 Å². The number of aryl methyl sites for hydroxylation is 2. The van der Waals surface area contributed by atoms with Crippen molar-refractivity contribution < 1.29 is 67.3 Å². The molecule has 11 rings (SSSR count). The predicted molar refractivity (Wildman–Crippen MR) is 304 cm³/mol. The number of methoxy groups -OCH3 is 4. The van der Waals surface area contributed by atoms with E-state index in [0.29, 0.717) is 64.9 Å². The first-order chi connectivity index (χ1) is 38.8. The van der Waals surface area contributed by atoms with E-state index >= 15 is 0 Å². The third kappa shape index (κ3) is 9.76. The van der Waals surface area contributed by atoms with Crippen LogP contribution in [0.5, 0.6) is 40.2 Å². The van der Waals surface area contributed by atoms with Gasteiger partial charge in [-0.05, 0) is 89.7 Å². The summed E-state index contributed by atoms with van der Waals surface area (Å²) in [6, 6.07) is 5.36. The molecule has 0 spiro atoms. The maximum Gasteiger partial charge on any atom is 0.232 e. The number of phenols is 1. The molecule has 3 aromatic rings. The number of nitriles is 2. The summed E-state index contributed by atoms with van der Waals surface area (Å²) in [6.45, 7) is 10.4. The number of likely N-dealkylation sites (N-methyl/N-ethyl adjacent to an activating group) is 2. The van der Waals surface area contributed by atoms with Crippen molar-refractivity contribution in [1.29, 1.82) is 10.5 Å². The van der Waals surface area contributed by atoms with Gasteiger partial charge in [-0.25, -0.2) is 0 Å². The zero-order chi connectivity index (χ0) is 58.2. The van der Waals surface area contributed by atoms with E-state index in [1.165, 1.54) is 27.9 Å². The number of piperazine rings is 2. The van der Waals surface area contributed by atoms with Gasteiger partial charge in [-0.3, -0.25) is 38.8 Å². The van der Waals surface area contributed by atoms with Crippen LogP contribution in [-0.2, 0) is 47.9 Å². The Morgan fingerprint density at radius 1 is 0.663 bits per heavy atom. The average molecular weight is 1150 g/mol. The highest BCUT2D eigenvalue weighted by molar-refractivity contribution is 6.50. The summed E-state index contributed by atoms with van der Waals surface area (Å²) < 4.78 is 46.2. The van der Waals surface area contributed by atoms with Gasteiger partial charge in [-0.1, -0.05) is 27.0 Å². The van der Waals surface area contributed by atoms with Crippen LogP contribution in [0.15, 0.2) is 34.6 Å². The smallest absolute Gasteiger partial charge is 0.232 e. The number of fused-ring (bicyclic) bond motifs is 15. The van der Waals surface area contributed by atoms with Gasteiger partial charge in [0.05, 0.1) is 50.5 Å². The summed E-state index contributed by atoms with van der Waals surface area (Å²) in [5, 5.41) is 49.6. The lowest BCUT2D eigenvalue weighted by Crippen LogP contribution is -2.71. The number of aromatic hydroxyl groups is 1. The Kier molecular flexibility index (Phi) is 17.8. The average Bonchev–Trinajstić information content (AvgIpc) is 1.59. The molecule has 0 saturated carbocycles. The minimum Gasteiger partial charge on any atom is -0.507 e. The molecule has 4 bridgehead atoms. The lowest BCUT2D eigenvalue weighted by atomic mass is 9.70. The number of ketones is 2. The molecule has 10 atom stereocenters. The fourth-order valence-electron chi connectivity index (χ4n) is 14.6. The number of phenolic OH excluding ortho intramolecular Hbond substituents is 1. The van der Waals surface area contributed by atoms with Gasteiger partial charge in [-0.15, -0.1) is 0 Å². The van der Waals surface area contributed by atoms with Crippen molar-refractivity contribution in [2.75, 3.05) is 76.0 Å². The second-order valence-corrected chi connectivity index (χ2v) is 22.1. The number of nitrogens with one attached hydrogen (secondary N) is 2. The van der Waals surface area contributed by atoms with Gasteiger partial charge in [0.15, 0.2) is 48.1 Å². The number of carbonyl (C=O) groups is 4. The molecule has 3 aromatic carbocycles. The number of amides is 2. The van der Waals surface area contributed by atoms with Crippen LogP contribution in [0.2, 0.25) is 0 Å². The Bertz CT molecular complexity index is 3290. The Morgan fingerprint density at radius 2 is 1.13 bits per heavy atom. The van der Waals surface area contributed by atoms with Crippen molar-refractivity contribution in [3.63, 3.8) is 0 Å². The van der Waals surface area contributed by atoms with Crippen LogP contribution in [0.1, 0.15) is 110 Å². The second-order valence-electron chi connectivity index (χ2n) is 22.1. The Labute approximate surface area is 485 Å². The maximum atomic E-state index is 13.4. The first-order valence-corrected chi connectivity index (χ1v) is 27.1. The van der Waals surface area contributed by atoms with E-state index in [1.54, 1.807) is 21.3 Å². The molecule has 0 aromatic heterocycles. The van der Waals surface area contributed by atoms with Gasteiger partial charge in [0.2, 0.25) is 30.2 Å². The van der Waals surface area contributed by atoms with Crippen LogP contribution in [0.4, 0.5) is 0 Å². The number of benzene rings is 3. The molecule has 7 aliphatic heterocycles. The molecule has 83 heavy (non-hydrogen) atoms. The van der Waals surface area contributed by atoms with E-state index in [1.807, 2.05) is 32.7 Å². The van der Waals surface area contributed by atoms with Crippen LogP contribution in [0, 0.1) is 43.4 Å². The molecule has 446 valence electrons. The van der Waals surface area contributed by atoms with Crippen molar-refractivity contribution in [3.05, 3.63) is 84.7 Å². The molecule has 8 aliphatic rings. The summed E-state index contributed by atoms with van der Waals surface area (Å²) in [5.74, 6) is 1.48. The third-order valence-electron chi connectivity index (χ3n) is 17.9. The zero-order valence-corrected chi connectivity index (χ0v) is 47.8. The van der Waals surface area contributed by atoms with Gasteiger partial charge in [0.1, 0.15) is 23.6 Å². The molecule has 2 amide bonds. The number of ether oxygens (including phenoxy) is 8. The second kappa shape index (κ2) is 24.0. The number of aliphatic hydroxyl groups excluding tert-OH is 1. The van der Waals surface area contributed by atoms with Crippen molar-refractivity contribution >= 4 is 23.4 Å². The summed E-state index contributed by atoms with van der Waals surface area (Å²) in [5.41, 5.74) is 8.54. The summed E-state index contributed by atoms with van der Waals surface area (Å²) in [4.78, 5) is 59.0. The SMILES string of the molecule is C.C.COCOc1c(OC)c(C)cc2c1[C@@H]1C3CC4=C(C(=O)C(=O)C(C)=C4O)[C@H](CNC(C)=O)N3[C@@H](C#N)[C@H](C2)N1C.COCOc1c(OC)c(C)cc2c1[C@@H]1C3Cc4c(O)c(C)c5c(c4[C@H](CNC(C)=O)N3[C@@H](C#N)[C@H](C2)N1C)OCO5. The van der Waals surface area contributed by atoms with Gasteiger partial charge in [0.25, 0.3) is 0 Å². The number of hydrogen-bond donors (Lipinski definition) is 4.